The number of rotatable bonds is 5. The van der Waals surface area contributed by atoms with E-state index in [0.717, 1.165) is 11.3 Å². The van der Waals surface area contributed by atoms with Crippen LogP contribution in [0.15, 0.2) is 36.4 Å². The Bertz CT molecular complexity index is 743. The molecule has 0 saturated heterocycles. The highest BCUT2D eigenvalue weighted by atomic mass is 16.7. The molecule has 0 fully saturated rings. The highest BCUT2D eigenvalue weighted by molar-refractivity contribution is 5.95. The van der Waals surface area contributed by atoms with Crippen LogP contribution in [0.5, 0.6) is 17.2 Å². The number of ether oxygens (including phenoxy) is 3. The van der Waals surface area contributed by atoms with Gasteiger partial charge in [0.25, 0.3) is 0 Å². The molecule has 0 aliphatic carbocycles. The molecule has 0 radical (unpaired) electrons. The molecule has 0 aromatic heterocycles. The maximum Gasteiger partial charge on any atom is 0.231 e. The van der Waals surface area contributed by atoms with Crippen LogP contribution in [0.4, 0.5) is 11.4 Å². The van der Waals surface area contributed by atoms with Gasteiger partial charge >= 0.3 is 0 Å². The number of anilines is 2. The van der Waals surface area contributed by atoms with Crippen LogP contribution in [0, 0.1) is 0 Å². The van der Waals surface area contributed by atoms with E-state index in [1.807, 2.05) is 31.2 Å². The lowest BCUT2D eigenvalue weighted by atomic mass is 9.97. The van der Waals surface area contributed by atoms with Gasteiger partial charge in [-0.1, -0.05) is 19.1 Å². The molecule has 3 rings (SSSR count). The number of nitrogens with two attached hydrogens (primary N) is 1. The molecule has 0 spiro atoms. The summed E-state index contributed by atoms with van der Waals surface area (Å²) in [6.45, 7) is 2.17. The Morgan fingerprint density at radius 3 is 2.58 bits per heavy atom. The summed E-state index contributed by atoms with van der Waals surface area (Å²) in [5.74, 6) is 1.94. The monoisotopic (exact) mass is 328 g/mol. The summed E-state index contributed by atoms with van der Waals surface area (Å²) in [5.41, 5.74) is 8.01. The first-order valence-corrected chi connectivity index (χ1v) is 7.69. The summed E-state index contributed by atoms with van der Waals surface area (Å²) in [7, 11) is 1.63. The predicted octanol–water partition coefficient (Wildman–Crippen LogP) is 3.14. The van der Waals surface area contributed by atoms with Gasteiger partial charge in [-0.05, 0) is 23.6 Å². The largest absolute Gasteiger partial charge is 0.497 e. The van der Waals surface area contributed by atoms with E-state index in [-0.39, 0.29) is 18.6 Å². The SMILES string of the molecule is COc1ccc(C(C)CC(=O)Nc2cc3c(cc2N)OCO3)cc1. The van der Waals surface area contributed by atoms with Crippen molar-refractivity contribution in [3.8, 4) is 17.2 Å². The number of hydrogen-bond donors (Lipinski definition) is 2. The maximum absolute atomic E-state index is 12.3. The highest BCUT2D eigenvalue weighted by Crippen LogP contribution is 2.38. The number of methoxy groups -OCH3 is 1. The van der Waals surface area contributed by atoms with Gasteiger partial charge < -0.3 is 25.3 Å². The minimum Gasteiger partial charge on any atom is -0.497 e. The lowest BCUT2D eigenvalue weighted by Crippen LogP contribution is -2.15. The third kappa shape index (κ3) is 3.37. The van der Waals surface area contributed by atoms with E-state index < -0.39 is 0 Å². The molecule has 126 valence electrons. The van der Waals surface area contributed by atoms with E-state index in [4.69, 9.17) is 19.9 Å². The number of hydrogen-bond acceptors (Lipinski definition) is 5. The van der Waals surface area contributed by atoms with Crippen LogP contribution in [-0.2, 0) is 4.79 Å². The number of nitrogens with one attached hydrogen (secondary N) is 1. The van der Waals surface area contributed by atoms with Gasteiger partial charge in [-0.15, -0.1) is 0 Å². The molecule has 2 aromatic rings. The van der Waals surface area contributed by atoms with Crippen LogP contribution in [0.3, 0.4) is 0 Å². The lowest BCUT2D eigenvalue weighted by molar-refractivity contribution is -0.116. The van der Waals surface area contributed by atoms with Gasteiger partial charge in [0.1, 0.15) is 5.75 Å². The van der Waals surface area contributed by atoms with Crippen LogP contribution in [0.1, 0.15) is 24.8 Å². The van der Waals surface area contributed by atoms with E-state index in [0.29, 0.717) is 29.3 Å². The Balaban J connectivity index is 1.64. The van der Waals surface area contributed by atoms with Crippen LogP contribution >= 0.6 is 0 Å². The number of amides is 1. The van der Waals surface area contributed by atoms with E-state index in [9.17, 15) is 4.79 Å². The van der Waals surface area contributed by atoms with Gasteiger partial charge in [0, 0.05) is 18.6 Å². The van der Waals surface area contributed by atoms with Crippen LogP contribution in [-0.4, -0.2) is 19.8 Å². The zero-order chi connectivity index (χ0) is 17.1. The molecule has 6 heteroatoms. The second kappa shape index (κ2) is 6.70. The van der Waals surface area contributed by atoms with E-state index in [1.165, 1.54) is 0 Å². The van der Waals surface area contributed by atoms with Crippen LogP contribution < -0.4 is 25.3 Å². The van der Waals surface area contributed by atoms with Gasteiger partial charge in [0.15, 0.2) is 11.5 Å². The number of carbonyl (C=O) groups is 1. The number of nitrogen functional groups attached to an aromatic ring is 1. The quantitative estimate of drug-likeness (QED) is 0.824. The van der Waals surface area contributed by atoms with Gasteiger partial charge in [-0.25, -0.2) is 0 Å². The van der Waals surface area contributed by atoms with Crippen LogP contribution in [0.25, 0.3) is 0 Å². The van der Waals surface area contributed by atoms with Crippen molar-refractivity contribution < 1.29 is 19.0 Å². The zero-order valence-electron chi connectivity index (χ0n) is 13.7. The standard InChI is InChI=1S/C18H20N2O4/c1-11(12-3-5-13(22-2)6-4-12)7-18(21)20-15-9-17-16(8-14(15)19)23-10-24-17/h3-6,8-9,11H,7,10,19H2,1-2H3,(H,20,21). The van der Waals surface area contributed by atoms with Crippen molar-refractivity contribution in [2.75, 3.05) is 25.0 Å². The summed E-state index contributed by atoms with van der Waals surface area (Å²) in [6.07, 6.45) is 0.347. The fourth-order valence-electron chi connectivity index (χ4n) is 2.60. The molecule has 1 amide bonds. The van der Waals surface area contributed by atoms with Crippen molar-refractivity contribution in [3.05, 3.63) is 42.0 Å². The second-order valence-electron chi connectivity index (χ2n) is 5.72. The fourth-order valence-corrected chi connectivity index (χ4v) is 2.60. The minimum absolute atomic E-state index is 0.0751. The molecule has 6 nitrogen and oxygen atoms in total. The summed E-state index contributed by atoms with van der Waals surface area (Å²) < 4.78 is 15.7. The first-order valence-electron chi connectivity index (χ1n) is 7.69. The van der Waals surface area contributed by atoms with Gasteiger partial charge in [0.2, 0.25) is 12.7 Å². The van der Waals surface area contributed by atoms with Crippen molar-refractivity contribution in [2.45, 2.75) is 19.3 Å². The van der Waals surface area contributed by atoms with E-state index in [1.54, 1.807) is 19.2 Å². The smallest absolute Gasteiger partial charge is 0.231 e. The third-order valence-corrected chi connectivity index (χ3v) is 4.00. The fraction of sp³-hybridized carbons (Fsp3) is 0.278. The Morgan fingerprint density at radius 1 is 1.25 bits per heavy atom. The molecule has 1 atom stereocenters. The molecule has 1 unspecified atom stereocenters. The molecule has 3 N–H and O–H groups in total. The van der Waals surface area contributed by atoms with Crippen molar-refractivity contribution in [1.29, 1.82) is 0 Å². The van der Waals surface area contributed by atoms with Gasteiger partial charge in [0.05, 0.1) is 18.5 Å². The Morgan fingerprint density at radius 2 is 1.92 bits per heavy atom. The molecular formula is C18H20N2O4. The molecule has 2 aromatic carbocycles. The Kier molecular flexibility index (Phi) is 4.46. The van der Waals surface area contributed by atoms with Crippen molar-refractivity contribution in [3.63, 3.8) is 0 Å². The van der Waals surface area contributed by atoms with Crippen molar-refractivity contribution >= 4 is 17.3 Å². The maximum atomic E-state index is 12.3. The van der Waals surface area contributed by atoms with E-state index in [2.05, 4.69) is 5.32 Å². The second-order valence-corrected chi connectivity index (χ2v) is 5.72. The molecule has 0 bridgehead atoms. The van der Waals surface area contributed by atoms with Crippen molar-refractivity contribution in [1.82, 2.24) is 0 Å². The highest BCUT2D eigenvalue weighted by Gasteiger charge is 2.18. The first kappa shape index (κ1) is 16.0. The predicted molar refractivity (Wildman–Crippen MR) is 91.6 cm³/mol. The molecule has 0 saturated carbocycles. The Hall–Kier alpha value is -2.89. The number of fused-ring (bicyclic) bond motifs is 1. The molecular weight excluding hydrogens is 308 g/mol. The summed E-state index contributed by atoms with van der Waals surface area (Å²) in [5, 5.41) is 2.84. The van der Waals surface area contributed by atoms with Gasteiger partial charge in [-0.3, -0.25) is 4.79 Å². The molecule has 1 aliphatic rings. The van der Waals surface area contributed by atoms with Gasteiger partial charge in [-0.2, -0.15) is 0 Å². The number of benzene rings is 2. The summed E-state index contributed by atoms with van der Waals surface area (Å²) >= 11 is 0. The molecule has 1 heterocycles. The lowest BCUT2D eigenvalue weighted by Gasteiger charge is -2.14. The average Bonchev–Trinajstić information content (AvgIpc) is 3.02. The van der Waals surface area contributed by atoms with E-state index >= 15 is 0 Å². The topological polar surface area (TPSA) is 82.8 Å². The first-order chi connectivity index (χ1) is 11.6. The average molecular weight is 328 g/mol. The normalized spacial score (nSPS) is 13.4. The number of carbonyl (C=O) groups excluding carboxylic acids is 1. The molecule has 24 heavy (non-hydrogen) atoms. The molecule has 1 aliphatic heterocycles. The van der Waals surface area contributed by atoms with Crippen LogP contribution in [0.2, 0.25) is 0 Å². The minimum atomic E-state index is -0.108. The Labute approximate surface area is 140 Å². The summed E-state index contributed by atoms with van der Waals surface area (Å²) in [6, 6.07) is 11.1. The van der Waals surface area contributed by atoms with Crippen molar-refractivity contribution in [2.24, 2.45) is 0 Å². The summed E-state index contributed by atoms with van der Waals surface area (Å²) in [4.78, 5) is 12.3. The zero-order valence-corrected chi connectivity index (χ0v) is 13.7. The third-order valence-electron chi connectivity index (χ3n) is 4.00.